The molecule has 2 amide bonds. The summed E-state index contributed by atoms with van der Waals surface area (Å²) < 4.78 is 0.994. The van der Waals surface area contributed by atoms with E-state index in [0.29, 0.717) is 10.7 Å². The second kappa shape index (κ2) is 6.41. The molecule has 0 radical (unpaired) electrons. The molecule has 0 spiro atoms. The molecule has 3 aliphatic heterocycles. The molecule has 0 aromatic heterocycles. The first-order valence-corrected chi connectivity index (χ1v) is 10.2. The number of amides is 2. The maximum absolute atomic E-state index is 13.4. The van der Waals surface area contributed by atoms with E-state index < -0.39 is 12.0 Å². The number of fused-ring (bicyclic) bond motifs is 3. The average Bonchev–Trinajstić information content (AvgIpc) is 3.28. The number of carbonyl (C=O) groups excluding carboxylic acids is 2. The zero-order valence-electron chi connectivity index (χ0n) is 14.4. The summed E-state index contributed by atoms with van der Waals surface area (Å²) >= 11 is 9.56. The normalized spacial score (nSPS) is 28.1. The minimum absolute atomic E-state index is 0.119. The van der Waals surface area contributed by atoms with E-state index in [4.69, 9.17) is 11.6 Å². The smallest absolute Gasteiger partial charge is 0.253 e. The molecule has 0 N–H and O–H groups in total. The molecule has 138 valence electrons. The summed E-state index contributed by atoms with van der Waals surface area (Å²) in [7, 11) is 0. The molecule has 3 saturated heterocycles. The van der Waals surface area contributed by atoms with E-state index >= 15 is 0 Å². The topological polar surface area (TPSA) is 43.9 Å². The fraction of sp³-hybridized carbons (Fsp3) is 0.300. The molecule has 5 nitrogen and oxygen atoms in total. The van der Waals surface area contributed by atoms with E-state index in [2.05, 4.69) is 25.9 Å². The van der Waals surface area contributed by atoms with Gasteiger partial charge in [-0.25, -0.2) is 14.9 Å². The largest absolute Gasteiger partial charge is 0.274 e. The van der Waals surface area contributed by atoms with Gasteiger partial charge in [-0.15, -0.1) is 0 Å². The number of anilines is 1. The maximum atomic E-state index is 13.4. The van der Waals surface area contributed by atoms with Crippen LogP contribution in [0.2, 0.25) is 5.02 Å². The Kier molecular flexibility index (Phi) is 4.13. The fourth-order valence-corrected chi connectivity index (χ4v) is 5.09. The minimum atomic E-state index is -0.437. The Hall–Kier alpha value is -1.73. The molecule has 7 heteroatoms. The predicted octanol–water partition coefficient (Wildman–Crippen LogP) is 3.64. The van der Waals surface area contributed by atoms with Crippen molar-refractivity contribution in [3.63, 3.8) is 0 Å². The SMILES string of the molecule is O=C1[C@@H]2[C@@H](c3ccc(Br)cc3)N3CCCN3[C@H]2C(=O)N1c1cccc(Cl)c1. The third-order valence-corrected chi connectivity index (χ3v) is 6.45. The van der Waals surface area contributed by atoms with Crippen molar-refractivity contribution in [3.05, 3.63) is 63.6 Å². The zero-order valence-corrected chi connectivity index (χ0v) is 16.7. The van der Waals surface area contributed by atoms with E-state index in [1.807, 2.05) is 24.3 Å². The lowest BCUT2D eigenvalue weighted by Gasteiger charge is -2.29. The Morgan fingerprint density at radius 2 is 1.63 bits per heavy atom. The lowest BCUT2D eigenvalue weighted by Crippen LogP contribution is -2.44. The van der Waals surface area contributed by atoms with Gasteiger partial charge < -0.3 is 0 Å². The Morgan fingerprint density at radius 3 is 2.33 bits per heavy atom. The van der Waals surface area contributed by atoms with Gasteiger partial charge in [0, 0.05) is 22.6 Å². The van der Waals surface area contributed by atoms with Gasteiger partial charge in [-0.1, -0.05) is 45.7 Å². The standard InChI is InChI=1S/C20H17BrClN3O2/c21-13-7-5-12(6-8-13)17-16-18(24-10-2-9-23(17)24)20(27)25(19(16)26)15-4-1-3-14(22)11-15/h1,3-8,11,16-18H,2,9-10H2/t16-,17-,18-/m1/s1. The molecule has 2 aromatic rings. The van der Waals surface area contributed by atoms with Crippen molar-refractivity contribution >= 4 is 45.0 Å². The third kappa shape index (κ3) is 2.58. The third-order valence-electron chi connectivity index (χ3n) is 5.68. The number of imide groups is 1. The Morgan fingerprint density at radius 1 is 0.926 bits per heavy atom. The summed E-state index contributed by atoms with van der Waals surface area (Å²) in [6, 6.07) is 14.4. The van der Waals surface area contributed by atoms with Gasteiger partial charge in [-0.05, 0) is 42.3 Å². The second-order valence-corrected chi connectivity index (χ2v) is 8.49. The summed E-state index contributed by atoms with van der Waals surface area (Å²) in [4.78, 5) is 28.0. The highest BCUT2D eigenvalue weighted by Crippen LogP contribution is 2.49. The number of hydrogen-bond acceptors (Lipinski definition) is 4. The second-order valence-electron chi connectivity index (χ2n) is 7.14. The van der Waals surface area contributed by atoms with E-state index in [9.17, 15) is 9.59 Å². The monoisotopic (exact) mass is 445 g/mol. The van der Waals surface area contributed by atoms with Gasteiger partial charge in [0.15, 0.2) is 0 Å². The van der Waals surface area contributed by atoms with Crippen molar-refractivity contribution in [2.24, 2.45) is 5.92 Å². The molecule has 3 heterocycles. The highest BCUT2D eigenvalue weighted by molar-refractivity contribution is 9.10. The van der Waals surface area contributed by atoms with Crippen LogP contribution in [0.3, 0.4) is 0 Å². The summed E-state index contributed by atoms with van der Waals surface area (Å²) in [6.45, 7) is 1.67. The van der Waals surface area contributed by atoms with Crippen molar-refractivity contribution < 1.29 is 9.59 Å². The van der Waals surface area contributed by atoms with E-state index in [0.717, 1.165) is 29.5 Å². The van der Waals surface area contributed by atoms with Gasteiger partial charge in [0.1, 0.15) is 6.04 Å². The molecule has 0 aliphatic carbocycles. The van der Waals surface area contributed by atoms with Gasteiger partial charge in [-0.3, -0.25) is 9.59 Å². The van der Waals surface area contributed by atoms with Crippen LogP contribution in [-0.2, 0) is 9.59 Å². The number of rotatable bonds is 2. The highest BCUT2D eigenvalue weighted by atomic mass is 79.9. The van der Waals surface area contributed by atoms with Crippen LogP contribution in [0.5, 0.6) is 0 Å². The summed E-state index contributed by atoms with van der Waals surface area (Å²) in [5, 5.41) is 4.82. The molecule has 0 saturated carbocycles. The van der Waals surface area contributed by atoms with E-state index in [1.54, 1.807) is 24.3 Å². The van der Waals surface area contributed by atoms with Crippen LogP contribution in [0, 0.1) is 5.92 Å². The first-order chi connectivity index (χ1) is 13.1. The predicted molar refractivity (Wildman–Crippen MR) is 106 cm³/mol. The summed E-state index contributed by atoms with van der Waals surface area (Å²) in [5.74, 6) is -0.702. The van der Waals surface area contributed by atoms with Crippen LogP contribution in [0.1, 0.15) is 18.0 Å². The Labute approximate surface area is 170 Å². The van der Waals surface area contributed by atoms with Crippen LogP contribution in [0.4, 0.5) is 5.69 Å². The summed E-state index contributed by atoms with van der Waals surface area (Å²) in [5.41, 5.74) is 1.61. The molecular weight excluding hydrogens is 430 g/mol. The number of nitrogens with zero attached hydrogens (tertiary/aromatic N) is 3. The van der Waals surface area contributed by atoms with Crippen LogP contribution < -0.4 is 4.90 Å². The van der Waals surface area contributed by atoms with Crippen molar-refractivity contribution in [2.75, 3.05) is 18.0 Å². The van der Waals surface area contributed by atoms with E-state index in [-0.39, 0.29) is 17.9 Å². The van der Waals surface area contributed by atoms with Crippen molar-refractivity contribution in [3.8, 4) is 0 Å². The number of hydrazine groups is 1. The quantitative estimate of drug-likeness (QED) is 0.661. The average molecular weight is 447 g/mol. The first kappa shape index (κ1) is 17.4. The van der Waals surface area contributed by atoms with Gasteiger partial charge in [-0.2, -0.15) is 0 Å². The Bertz CT molecular complexity index is 935. The van der Waals surface area contributed by atoms with Crippen LogP contribution >= 0.6 is 27.5 Å². The van der Waals surface area contributed by atoms with E-state index in [1.165, 1.54) is 4.90 Å². The van der Waals surface area contributed by atoms with Crippen LogP contribution in [0.15, 0.2) is 53.0 Å². The fourth-order valence-electron chi connectivity index (χ4n) is 4.64. The minimum Gasteiger partial charge on any atom is -0.274 e. The molecule has 0 unspecified atom stereocenters. The highest BCUT2D eigenvalue weighted by Gasteiger charge is 2.62. The lowest BCUT2D eigenvalue weighted by molar-refractivity contribution is -0.126. The van der Waals surface area contributed by atoms with Gasteiger partial charge in [0.05, 0.1) is 17.6 Å². The molecule has 3 fully saturated rings. The van der Waals surface area contributed by atoms with Gasteiger partial charge in [0.2, 0.25) is 5.91 Å². The molecule has 27 heavy (non-hydrogen) atoms. The zero-order chi connectivity index (χ0) is 18.7. The molecule has 5 rings (SSSR count). The van der Waals surface area contributed by atoms with Gasteiger partial charge in [0.25, 0.3) is 5.91 Å². The molecule has 0 bridgehead atoms. The number of benzene rings is 2. The van der Waals surface area contributed by atoms with Crippen molar-refractivity contribution in [1.82, 2.24) is 10.0 Å². The number of hydrogen-bond donors (Lipinski definition) is 0. The number of halogens is 2. The van der Waals surface area contributed by atoms with Crippen LogP contribution in [-0.4, -0.2) is 41.0 Å². The van der Waals surface area contributed by atoms with Crippen molar-refractivity contribution in [2.45, 2.75) is 18.5 Å². The maximum Gasteiger partial charge on any atom is 0.253 e. The molecule has 3 aliphatic rings. The molecule has 3 atom stereocenters. The first-order valence-electron chi connectivity index (χ1n) is 8.98. The van der Waals surface area contributed by atoms with Crippen molar-refractivity contribution in [1.29, 1.82) is 0 Å². The molecule has 2 aromatic carbocycles. The number of carbonyl (C=O) groups is 2. The Balaban J connectivity index is 1.59. The summed E-state index contributed by atoms with van der Waals surface area (Å²) in [6.07, 6.45) is 0.995. The van der Waals surface area contributed by atoms with Crippen LogP contribution in [0.25, 0.3) is 0 Å². The lowest BCUT2D eigenvalue weighted by atomic mass is 9.90. The van der Waals surface area contributed by atoms with Gasteiger partial charge >= 0.3 is 0 Å². The molecular formula is C20H17BrClN3O2.